The fourth-order valence-corrected chi connectivity index (χ4v) is 2.15. The molecule has 0 spiro atoms. The summed E-state index contributed by atoms with van der Waals surface area (Å²) in [4.78, 5) is 5.50. The molecule has 0 unspecified atom stereocenters. The van der Waals surface area contributed by atoms with Gasteiger partial charge in [-0.3, -0.25) is 9.88 Å². The van der Waals surface area contributed by atoms with Crippen LogP contribution in [0.2, 0.25) is 0 Å². The summed E-state index contributed by atoms with van der Waals surface area (Å²) < 4.78 is 42.6. The van der Waals surface area contributed by atoms with Crippen LogP contribution in [0.1, 0.15) is 11.3 Å². The summed E-state index contributed by atoms with van der Waals surface area (Å²) in [6, 6.07) is 2.43. The minimum atomic E-state index is -4.41. The van der Waals surface area contributed by atoms with Crippen molar-refractivity contribution in [2.24, 2.45) is 5.92 Å². The number of alkyl halides is 3. The van der Waals surface area contributed by atoms with Crippen molar-refractivity contribution in [3.8, 4) is 0 Å². The van der Waals surface area contributed by atoms with Gasteiger partial charge < -0.3 is 9.84 Å². The van der Waals surface area contributed by atoms with Crippen molar-refractivity contribution in [1.82, 2.24) is 9.88 Å². The molecule has 20 heavy (non-hydrogen) atoms. The molecule has 0 radical (unpaired) electrons. The first-order chi connectivity index (χ1) is 9.49. The van der Waals surface area contributed by atoms with E-state index >= 15 is 0 Å². The van der Waals surface area contributed by atoms with Crippen LogP contribution in [0.15, 0.2) is 18.3 Å². The molecule has 1 fully saturated rings. The van der Waals surface area contributed by atoms with Gasteiger partial charge in [-0.15, -0.1) is 0 Å². The van der Waals surface area contributed by atoms with Gasteiger partial charge in [0.2, 0.25) is 0 Å². The van der Waals surface area contributed by atoms with Crippen LogP contribution in [0.4, 0.5) is 13.2 Å². The van der Waals surface area contributed by atoms with E-state index in [1.807, 2.05) is 0 Å². The topological polar surface area (TPSA) is 45.6 Å². The Balaban J connectivity index is 1.98. The number of aliphatic hydroxyl groups is 1. The third kappa shape index (κ3) is 4.16. The molecular formula is C13H17F3N2O2. The zero-order chi connectivity index (χ0) is 14.6. The largest absolute Gasteiger partial charge is 0.433 e. The normalized spacial score (nSPS) is 21.7. The van der Waals surface area contributed by atoms with Crippen molar-refractivity contribution >= 4 is 0 Å². The van der Waals surface area contributed by atoms with Gasteiger partial charge in [-0.25, -0.2) is 0 Å². The van der Waals surface area contributed by atoms with E-state index < -0.39 is 11.9 Å². The lowest BCUT2D eigenvalue weighted by atomic mass is 10.1. The summed E-state index contributed by atoms with van der Waals surface area (Å²) in [6.45, 7) is 2.98. The average molecular weight is 290 g/mol. The first kappa shape index (κ1) is 15.2. The monoisotopic (exact) mass is 290 g/mol. The third-order valence-electron chi connectivity index (χ3n) is 3.20. The predicted octanol–water partition coefficient (Wildman–Crippen LogP) is 1.54. The smallest absolute Gasteiger partial charge is 0.396 e. The van der Waals surface area contributed by atoms with Crippen molar-refractivity contribution in [3.05, 3.63) is 29.6 Å². The quantitative estimate of drug-likeness (QED) is 0.917. The molecule has 1 atom stereocenters. The summed E-state index contributed by atoms with van der Waals surface area (Å²) >= 11 is 0. The lowest BCUT2D eigenvalue weighted by Crippen LogP contribution is -2.31. The van der Waals surface area contributed by atoms with Crippen LogP contribution < -0.4 is 0 Å². The van der Waals surface area contributed by atoms with Crippen molar-refractivity contribution in [2.75, 3.05) is 32.9 Å². The highest BCUT2D eigenvalue weighted by Gasteiger charge is 2.32. The number of hydrogen-bond acceptors (Lipinski definition) is 4. The van der Waals surface area contributed by atoms with Gasteiger partial charge in [0.1, 0.15) is 5.69 Å². The van der Waals surface area contributed by atoms with E-state index in [4.69, 9.17) is 4.74 Å². The molecular weight excluding hydrogens is 273 g/mol. The average Bonchev–Trinajstić information content (AvgIpc) is 2.63. The third-order valence-corrected chi connectivity index (χ3v) is 3.20. The molecule has 0 aliphatic carbocycles. The number of hydrogen-bond donors (Lipinski definition) is 1. The molecule has 1 N–H and O–H groups in total. The van der Waals surface area contributed by atoms with E-state index in [-0.39, 0.29) is 12.5 Å². The molecule has 1 aliphatic heterocycles. The van der Waals surface area contributed by atoms with E-state index in [0.29, 0.717) is 32.8 Å². The number of aromatic nitrogens is 1. The Labute approximate surface area is 115 Å². The van der Waals surface area contributed by atoms with Crippen LogP contribution in [0.5, 0.6) is 0 Å². The van der Waals surface area contributed by atoms with Gasteiger partial charge in [0, 0.05) is 38.4 Å². The second-order valence-corrected chi connectivity index (χ2v) is 4.91. The van der Waals surface area contributed by atoms with Gasteiger partial charge in [-0.05, 0) is 11.6 Å². The van der Waals surface area contributed by atoms with Gasteiger partial charge >= 0.3 is 6.18 Å². The maximum atomic E-state index is 12.4. The highest BCUT2D eigenvalue weighted by Crippen LogP contribution is 2.27. The Kier molecular flexibility index (Phi) is 4.95. The Morgan fingerprint density at radius 1 is 1.40 bits per heavy atom. The maximum Gasteiger partial charge on any atom is 0.433 e. The lowest BCUT2D eigenvalue weighted by Gasteiger charge is -2.22. The molecule has 1 aliphatic rings. The SMILES string of the molecule is OC[C@H]1COCCN(Cc2ccc(C(F)(F)F)nc2)C1. The predicted molar refractivity (Wildman–Crippen MR) is 65.9 cm³/mol. The van der Waals surface area contributed by atoms with Gasteiger partial charge in [0.05, 0.1) is 13.2 Å². The van der Waals surface area contributed by atoms with E-state index in [2.05, 4.69) is 9.88 Å². The van der Waals surface area contributed by atoms with Gasteiger partial charge in [0.15, 0.2) is 0 Å². The Hall–Kier alpha value is -1.18. The van der Waals surface area contributed by atoms with Crippen molar-refractivity contribution in [3.63, 3.8) is 0 Å². The first-order valence-corrected chi connectivity index (χ1v) is 6.42. The number of aliphatic hydroxyl groups excluding tert-OH is 1. The molecule has 1 aromatic heterocycles. The molecule has 2 rings (SSSR count). The van der Waals surface area contributed by atoms with E-state index in [1.54, 1.807) is 0 Å². The fraction of sp³-hybridized carbons (Fsp3) is 0.615. The van der Waals surface area contributed by atoms with Crippen LogP contribution in [0.25, 0.3) is 0 Å². The molecule has 1 aromatic rings. The number of halogens is 3. The van der Waals surface area contributed by atoms with Crippen molar-refractivity contribution in [1.29, 1.82) is 0 Å². The molecule has 7 heteroatoms. The maximum absolute atomic E-state index is 12.4. The Bertz CT molecular complexity index is 423. The molecule has 4 nitrogen and oxygen atoms in total. The zero-order valence-electron chi connectivity index (χ0n) is 10.9. The molecule has 0 aromatic carbocycles. The first-order valence-electron chi connectivity index (χ1n) is 6.42. The standard InChI is InChI=1S/C13H17F3N2O2/c14-13(15,16)12-2-1-10(5-17-12)6-18-3-4-20-9-11(7-18)8-19/h1-2,5,11,19H,3-4,6-9H2/t11-/m0/s1. The summed E-state index contributed by atoms with van der Waals surface area (Å²) in [5, 5.41) is 9.18. The summed E-state index contributed by atoms with van der Waals surface area (Å²) in [5.74, 6) is 0.0416. The molecule has 0 amide bonds. The Morgan fingerprint density at radius 2 is 2.20 bits per heavy atom. The van der Waals surface area contributed by atoms with Crippen molar-refractivity contribution < 1.29 is 23.0 Å². The number of rotatable bonds is 3. The molecule has 0 bridgehead atoms. The molecule has 1 saturated heterocycles. The van der Waals surface area contributed by atoms with Crippen molar-refractivity contribution in [2.45, 2.75) is 12.7 Å². The van der Waals surface area contributed by atoms with Gasteiger partial charge in [-0.2, -0.15) is 13.2 Å². The number of nitrogens with zero attached hydrogens (tertiary/aromatic N) is 2. The van der Waals surface area contributed by atoms with Crippen LogP contribution in [-0.4, -0.2) is 47.9 Å². The summed E-state index contributed by atoms with van der Waals surface area (Å²) in [5.41, 5.74) is -0.162. The summed E-state index contributed by atoms with van der Waals surface area (Å²) in [7, 11) is 0. The molecule has 112 valence electrons. The number of ether oxygens (including phenoxy) is 1. The second-order valence-electron chi connectivity index (χ2n) is 4.91. The van der Waals surface area contributed by atoms with Crippen LogP contribution >= 0.6 is 0 Å². The summed E-state index contributed by atoms with van der Waals surface area (Å²) in [6.07, 6.45) is -3.15. The zero-order valence-corrected chi connectivity index (χ0v) is 10.9. The fourth-order valence-electron chi connectivity index (χ4n) is 2.15. The van der Waals surface area contributed by atoms with E-state index in [0.717, 1.165) is 11.6 Å². The molecule has 2 heterocycles. The highest BCUT2D eigenvalue weighted by molar-refractivity contribution is 5.16. The lowest BCUT2D eigenvalue weighted by molar-refractivity contribution is -0.141. The van der Waals surface area contributed by atoms with Gasteiger partial charge in [0.25, 0.3) is 0 Å². The van der Waals surface area contributed by atoms with E-state index in [9.17, 15) is 18.3 Å². The van der Waals surface area contributed by atoms with Crippen LogP contribution in [0, 0.1) is 5.92 Å². The van der Waals surface area contributed by atoms with Crippen LogP contribution in [-0.2, 0) is 17.5 Å². The van der Waals surface area contributed by atoms with Crippen LogP contribution in [0.3, 0.4) is 0 Å². The minimum Gasteiger partial charge on any atom is -0.396 e. The molecule has 0 saturated carbocycles. The number of pyridine rings is 1. The second kappa shape index (κ2) is 6.51. The van der Waals surface area contributed by atoms with Gasteiger partial charge in [-0.1, -0.05) is 6.07 Å². The van der Waals surface area contributed by atoms with E-state index in [1.165, 1.54) is 12.3 Å². The Morgan fingerprint density at radius 3 is 2.80 bits per heavy atom. The highest BCUT2D eigenvalue weighted by atomic mass is 19.4. The minimum absolute atomic E-state index is 0.0416.